The Morgan fingerprint density at radius 3 is 2.79 bits per heavy atom. The molecule has 2 aromatic carbocycles. The maximum absolute atomic E-state index is 13.0. The topological polar surface area (TPSA) is 88.6 Å². The van der Waals surface area contributed by atoms with E-state index in [1.165, 1.54) is 0 Å². The number of nitrogens with one attached hydrogen (secondary N) is 1. The number of ether oxygens (including phenoxy) is 1. The van der Waals surface area contributed by atoms with Crippen LogP contribution >= 0.6 is 0 Å². The van der Waals surface area contributed by atoms with Crippen LogP contribution in [0.4, 0.5) is 0 Å². The van der Waals surface area contributed by atoms with Gasteiger partial charge in [-0.05, 0) is 61.4 Å². The lowest BCUT2D eigenvalue weighted by Crippen LogP contribution is -2.52. The number of hydrogen-bond donors (Lipinski definition) is 1. The molecule has 1 saturated heterocycles. The van der Waals surface area contributed by atoms with Crippen molar-refractivity contribution in [1.29, 1.82) is 0 Å². The summed E-state index contributed by atoms with van der Waals surface area (Å²) in [5.74, 6) is 0.117. The van der Waals surface area contributed by atoms with Gasteiger partial charge in [-0.3, -0.25) is 24.7 Å². The maximum Gasteiger partial charge on any atom is 0.255 e. The fraction of sp³-hybridized carbons (Fsp3) is 0.333. The second-order valence-electron chi connectivity index (χ2n) is 8.86. The first-order valence-corrected chi connectivity index (χ1v) is 11.8. The van der Waals surface area contributed by atoms with E-state index in [1.54, 1.807) is 11.1 Å². The largest absolute Gasteiger partial charge is 0.493 e. The molecule has 0 saturated carbocycles. The van der Waals surface area contributed by atoms with Gasteiger partial charge in [0.1, 0.15) is 11.8 Å². The first-order valence-electron chi connectivity index (χ1n) is 11.8. The number of aromatic nitrogens is 1. The van der Waals surface area contributed by atoms with Crippen LogP contribution in [0.1, 0.15) is 53.6 Å². The van der Waals surface area contributed by atoms with Crippen LogP contribution < -0.4 is 10.1 Å². The Hall–Kier alpha value is -3.74. The highest BCUT2D eigenvalue weighted by atomic mass is 16.5. The molecule has 2 aliphatic rings. The molecule has 1 atom stereocenters. The first-order chi connectivity index (χ1) is 16.6. The molecule has 1 unspecified atom stereocenters. The van der Waals surface area contributed by atoms with Crippen LogP contribution in [0, 0.1) is 0 Å². The Morgan fingerprint density at radius 2 is 1.91 bits per heavy atom. The number of nitrogens with zero attached hydrogens (tertiary/aromatic N) is 2. The number of imide groups is 1. The minimum Gasteiger partial charge on any atom is -0.493 e. The normalized spacial score (nSPS) is 17.7. The average molecular weight is 458 g/mol. The van der Waals surface area contributed by atoms with Crippen molar-refractivity contribution in [3.63, 3.8) is 0 Å². The lowest BCUT2D eigenvalue weighted by molar-refractivity contribution is -0.136. The molecule has 0 aliphatic carbocycles. The second-order valence-corrected chi connectivity index (χ2v) is 8.86. The van der Waals surface area contributed by atoms with Crippen LogP contribution in [0.25, 0.3) is 10.8 Å². The minimum absolute atomic E-state index is 0.120. The number of amides is 3. The number of pyridine rings is 1. The number of hydrogen-bond acceptors (Lipinski definition) is 5. The summed E-state index contributed by atoms with van der Waals surface area (Å²) >= 11 is 0. The van der Waals surface area contributed by atoms with E-state index >= 15 is 0 Å². The summed E-state index contributed by atoms with van der Waals surface area (Å²) in [4.78, 5) is 42.5. The van der Waals surface area contributed by atoms with Crippen LogP contribution in [-0.4, -0.2) is 40.3 Å². The van der Waals surface area contributed by atoms with Crippen molar-refractivity contribution in [1.82, 2.24) is 15.2 Å². The smallest absolute Gasteiger partial charge is 0.255 e. The van der Waals surface area contributed by atoms with E-state index in [2.05, 4.69) is 16.4 Å². The van der Waals surface area contributed by atoms with Gasteiger partial charge in [0.2, 0.25) is 11.8 Å². The summed E-state index contributed by atoms with van der Waals surface area (Å²) in [6.07, 6.45) is 8.09. The van der Waals surface area contributed by atoms with E-state index in [-0.39, 0.29) is 24.1 Å². The zero-order chi connectivity index (χ0) is 23.5. The number of rotatable bonds is 8. The zero-order valence-corrected chi connectivity index (χ0v) is 19.0. The third kappa shape index (κ3) is 4.38. The summed E-state index contributed by atoms with van der Waals surface area (Å²) in [5.41, 5.74) is 2.84. The third-order valence-corrected chi connectivity index (χ3v) is 6.67. The SMILES string of the molecule is O=C1CCC(N2Cc3c(CCCCCOc4cccc5cnccc45)cccc3C2=O)C(=O)N1. The summed E-state index contributed by atoms with van der Waals surface area (Å²) in [6.45, 7) is 1.08. The lowest BCUT2D eigenvalue weighted by atomic mass is 9.98. The van der Waals surface area contributed by atoms with E-state index in [4.69, 9.17) is 4.74 Å². The summed E-state index contributed by atoms with van der Waals surface area (Å²) < 4.78 is 6.02. The quantitative estimate of drug-likeness (QED) is 0.411. The number of piperidine rings is 1. The summed E-state index contributed by atoms with van der Waals surface area (Å²) in [5, 5.41) is 4.50. The number of benzene rings is 2. The number of carbonyl (C=O) groups is 3. The number of carbonyl (C=O) groups excluding carboxylic acids is 3. The van der Waals surface area contributed by atoms with Gasteiger partial charge in [0.05, 0.1) is 6.61 Å². The van der Waals surface area contributed by atoms with E-state index in [0.717, 1.165) is 53.3 Å². The summed E-state index contributed by atoms with van der Waals surface area (Å²) in [6, 6.07) is 13.2. The molecule has 3 amide bonds. The molecule has 34 heavy (non-hydrogen) atoms. The van der Waals surface area contributed by atoms with Crippen molar-refractivity contribution in [2.75, 3.05) is 6.61 Å². The van der Waals surface area contributed by atoms with Crippen molar-refractivity contribution in [2.45, 2.75) is 51.1 Å². The Labute approximate surface area is 198 Å². The third-order valence-electron chi connectivity index (χ3n) is 6.67. The van der Waals surface area contributed by atoms with Crippen molar-refractivity contribution in [3.05, 3.63) is 71.5 Å². The van der Waals surface area contributed by atoms with Crippen LogP contribution in [0.15, 0.2) is 54.9 Å². The van der Waals surface area contributed by atoms with Gasteiger partial charge < -0.3 is 9.64 Å². The molecule has 0 bridgehead atoms. The zero-order valence-electron chi connectivity index (χ0n) is 19.0. The minimum atomic E-state index is -0.576. The second kappa shape index (κ2) is 9.63. The average Bonchev–Trinajstić information content (AvgIpc) is 3.18. The van der Waals surface area contributed by atoms with Gasteiger partial charge in [0, 0.05) is 41.7 Å². The fourth-order valence-corrected chi connectivity index (χ4v) is 4.88. The standard InChI is InChI=1S/C27H27N3O4/c31-25-12-11-23(26(32)29-25)30-17-22-18(7-4-9-21(22)27(30)33)6-2-1-3-15-34-24-10-5-8-19-16-28-14-13-20(19)24/h4-5,7-10,13-14,16,23H,1-3,6,11-12,15,17H2,(H,29,31,32). The molecule has 1 fully saturated rings. The van der Waals surface area contributed by atoms with Crippen LogP contribution in [0.5, 0.6) is 5.75 Å². The Bertz CT molecular complexity index is 1250. The van der Waals surface area contributed by atoms with Crippen molar-refractivity contribution in [3.8, 4) is 5.75 Å². The van der Waals surface area contributed by atoms with Crippen LogP contribution in [-0.2, 0) is 22.6 Å². The highest BCUT2D eigenvalue weighted by molar-refractivity contribution is 6.05. The molecule has 3 heterocycles. The number of unbranched alkanes of at least 4 members (excludes halogenated alkanes) is 2. The van der Waals surface area contributed by atoms with Gasteiger partial charge in [-0.25, -0.2) is 0 Å². The van der Waals surface area contributed by atoms with Crippen molar-refractivity contribution >= 4 is 28.5 Å². The van der Waals surface area contributed by atoms with Crippen LogP contribution in [0.3, 0.4) is 0 Å². The first kappa shape index (κ1) is 22.1. The van der Waals surface area contributed by atoms with Gasteiger partial charge in [0.25, 0.3) is 5.91 Å². The van der Waals surface area contributed by atoms with Gasteiger partial charge in [-0.15, -0.1) is 0 Å². The van der Waals surface area contributed by atoms with E-state index in [9.17, 15) is 14.4 Å². The molecule has 3 aromatic rings. The predicted molar refractivity (Wildman–Crippen MR) is 127 cm³/mol. The molecule has 1 N–H and O–H groups in total. The Morgan fingerprint density at radius 1 is 1.03 bits per heavy atom. The van der Waals surface area contributed by atoms with Gasteiger partial charge in [-0.2, -0.15) is 0 Å². The van der Waals surface area contributed by atoms with E-state index in [0.29, 0.717) is 25.1 Å². The molecular weight excluding hydrogens is 430 g/mol. The van der Waals surface area contributed by atoms with E-state index in [1.807, 2.05) is 42.6 Å². The van der Waals surface area contributed by atoms with Gasteiger partial charge in [0.15, 0.2) is 0 Å². The monoisotopic (exact) mass is 457 g/mol. The molecule has 0 radical (unpaired) electrons. The van der Waals surface area contributed by atoms with Gasteiger partial charge in [-0.1, -0.05) is 24.3 Å². The maximum atomic E-state index is 13.0. The lowest BCUT2D eigenvalue weighted by Gasteiger charge is -2.29. The molecule has 7 nitrogen and oxygen atoms in total. The predicted octanol–water partition coefficient (Wildman–Crippen LogP) is 3.79. The molecule has 0 spiro atoms. The van der Waals surface area contributed by atoms with Crippen molar-refractivity contribution < 1.29 is 19.1 Å². The highest BCUT2D eigenvalue weighted by Gasteiger charge is 2.39. The molecule has 174 valence electrons. The van der Waals surface area contributed by atoms with E-state index < -0.39 is 6.04 Å². The Kier molecular flexibility index (Phi) is 6.25. The van der Waals surface area contributed by atoms with Crippen molar-refractivity contribution in [2.24, 2.45) is 0 Å². The van der Waals surface area contributed by atoms with Gasteiger partial charge >= 0.3 is 0 Å². The molecular formula is C27H27N3O4. The Balaban J connectivity index is 1.14. The molecule has 5 rings (SSSR count). The molecule has 1 aromatic heterocycles. The molecule has 2 aliphatic heterocycles. The highest BCUT2D eigenvalue weighted by Crippen LogP contribution is 2.30. The van der Waals surface area contributed by atoms with Crippen LogP contribution in [0.2, 0.25) is 0 Å². The summed E-state index contributed by atoms with van der Waals surface area (Å²) in [7, 11) is 0. The number of aryl methyl sites for hydroxylation is 1. The number of fused-ring (bicyclic) bond motifs is 2. The molecule has 7 heteroatoms. The fourth-order valence-electron chi connectivity index (χ4n) is 4.88.